The highest BCUT2D eigenvalue weighted by molar-refractivity contribution is 7.14. The highest BCUT2D eigenvalue weighted by atomic mass is 35.5. The molecule has 4 aliphatic rings. The zero-order chi connectivity index (χ0) is 34.0. The summed E-state index contributed by atoms with van der Waals surface area (Å²) in [5.74, 6) is -4.08. The molecule has 4 fully saturated rings. The van der Waals surface area contributed by atoms with Crippen LogP contribution in [-0.2, 0) is 0 Å². The highest BCUT2D eigenvalue weighted by Crippen LogP contribution is 2.53. The molecular weight excluding hydrogens is 673 g/mol. The summed E-state index contributed by atoms with van der Waals surface area (Å²) in [5, 5.41) is 13.7. The van der Waals surface area contributed by atoms with E-state index in [4.69, 9.17) is 22.1 Å². The summed E-state index contributed by atoms with van der Waals surface area (Å²) in [6.45, 7) is 5.35. The second-order valence-corrected chi connectivity index (χ2v) is 14.8. The monoisotopic (exact) mass is 705 g/mol. The number of hydrogen-bond acceptors (Lipinski definition) is 9. The molecule has 1 saturated carbocycles. The number of aromatic nitrogens is 2. The number of allylic oxidation sites excluding steroid dienone is 1. The second-order valence-electron chi connectivity index (χ2n) is 13.4. The molecule has 1 aromatic carbocycles. The fourth-order valence-electron chi connectivity index (χ4n) is 7.64. The van der Waals surface area contributed by atoms with Gasteiger partial charge in [0, 0.05) is 79.2 Å². The van der Waals surface area contributed by atoms with Crippen molar-refractivity contribution >= 4 is 56.6 Å². The van der Waals surface area contributed by atoms with Crippen LogP contribution in [0.1, 0.15) is 43.2 Å². The van der Waals surface area contributed by atoms with Crippen LogP contribution in [0.5, 0.6) is 6.01 Å². The predicted octanol–water partition coefficient (Wildman–Crippen LogP) is 4.81. The van der Waals surface area contributed by atoms with E-state index in [1.807, 2.05) is 15.9 Å². The quantitative estimate of drug-likeness (QED) is 0.322. The van der Waals surface area contributed by atoms with Crippen molar-refractivity contribution in [1.82, 2.24) is 20.2 Å². The first-order valence-corrected chi connectivity index (χ1v) is 17.0. The first kappa shape index (κ1) is 33.0. The maximum Gasteiger partial charge on any atom is 0.319 e. The number of likely N-dealkylation sites (tertiary alicyclic amines) is 1. The number of nitrogens with zero attached hydrogens (tertiary/aromatic N) is 5. The Kier molecular flexibility index (Phi) is 8.55. The first-order chi connectivity index (χ1) is 22.9. The average Bonchev–Trinajstić information content (AvgIpc) is 3.70. The largest absolute Gasteiger partial charge is 0.463 e. The number of nitriles is 1. The van der Waals surface area contributed by atoms with Gasteiger partial charge < -0.3 is 20.7 Å². The Labute approximate surface area is 282 Å². The Bertz CT molecular complexity index is 1950. The van der Waals surface area contributed by atoms with Crippen molar-refractivity contribution in [3.63, 3.8) is 0 Å². The van der Waals surface area contributed by atoms with E-state index in [-0.39, 0.29) is 74.2 Å². The van der Waals surface area contributed by atoms with Crippen LogP contribution in [0.2, 0.25) is 5.02 Å². The molecule has 3 saturated heterocycles. The van der Waals surface area contributed by atoms with Gasteiger partial charge in [0.1, 0.15) is 34.4 Å². The number of fused-ring (bicyclic) bond motifs is 3. The van der Waals surface area contributed by atoms with Gasteiger partial charge in [-0.25, -0.2) is 22.0 Å². The van der Waals surface area contributed by atoms with Crippen LogP contribution in [0.4, 0.5) is 32.8 Å². The summed E-state index contributed by atoms with van der Waals surface area (Å²) < 4.78 is 79.9. The lowest BCUT2D eigenvalue weighted by atomic mass is 9.66. The van der Waals surface area contributed by atoms with Crippen LogP contribution in [0, 0.1) is 22.6 Å². The smallest absolute Gasteiger partial charge is 0.319 e. The number of rotatable bonds is 8. The third-order valence-corrected chi connectivity index (χ3v) is 11.1. The zero-order valence-corrected chi connectivity index (χ0v) is 27.4. The maximum absolute atomic E-state index is 16.7. The van der Waals surface area contributed by atoms with Crippen molar-refractivity contribution in [2.45, 2.75) is 56.3 Å². The number of alkyl halides is 3. The van der Waals surface area contributed by atoms with Gasteiger partial charge in [-0.3, -0.25) is 4.90 Å². The number of thiophene rings is 1. The fraction of sp³-hybridized carbons (Fsp3) is 0.485. The van der Waals surface area contributed by atoms with Crippen molar-refractivity contribution in [2.24, 2.45) is 5.41 Å². The Hall–Kier alpha value is -3.51. The summed E-state index contributed by atoms with van der Waals surface area (Å²) in [7, 11) is 0. The van der Waals surface area contributed by atoms with Crippen LogP contribution in [0.15, 0.2) is 18.7 Å². The normalized spacial score (nSPS) is 25.6. The van der Waals surface area contributed by atoms with Gasteiger partial charge in [0.15, 0.2) is 5.82 Å². The number of nitrogens with one attached hydrogen (secondary N) is 1. The summed E-state index contributed by atoms with van der Waals surface area (Å²) in [4.78, 5) is 13.0. The molecule has 3 N–H and O–H groups in total. The van der Waals surface area contributed by atoms with E-state index in [1.165, 1.54) is 12.1 Å². The van der Waals surface area contributed by atoms with Crippen LogP contribution in [-0.4, -0.2) is 78.4 Å². The molecule has 254 valence electrons. The predicted molar refractivity (Wildman–Crippen MR) is 176 cm³/mol. The minimum absolute atomic E-state index is 0.00186. The Morgan fingerprint density at radius 2 is 1.96 bits per heavy atom. The molecule has 2 unspecified atom stereocenters. The van der Waals surface area contributed by atoms with E-state index in [2.05, 4.69) is 21.9 Å². The van der Waals surface area contributed by atoms with Gasteiger partial charge in [-0.15, -0.1) is 11.3 Å². The summed E-state index contributed by atoms with van der Waals surface area (Å²) in [5.41, 5.74) is 4.71. The minimum atomic E-state index is -2.87. The van der Waals surface area contributed by atoms with Crippen molar-refractivity contribution in [2.75, 3.05) is 50.0 Å². The molecule has 0 amide bonds. The molecule has 2 bridgehead atoms. The molecule has 0 spiro atoms. The number of hydrogen-bond donors (Lipinski definition) is 2. The average molecular weight is 706 g/mol. The highest BCUT2D eigenvalue weighted by Gasteiger charge is 2.58. The van der Waals surface area contributed by atoms with Crippen molar-refractivity contribution in [1.29, 1.82) is 5.26 Å². The Balaban J connectivity index is 1.33. The van der Waals surface area contributed by atoms with Gasteiger partial charge in [0.25, 0.3) is 0 Å². The second kappa shape index (κ2) is 12.4. The SMILES string of the molecule is C=C/C(F)=c1/sc(N)c(C#N)/c1=C\c1c(Cl)cc2c(N3CC4CCC(C3)N4)nc(OCC3(CN4CC[C@@H](F)C4)CC(F)(F)C3)nc2c1F. The molecule has 2 aromatic heterocycles. The number of nitrogens with two attached hydrogens (primary N) is 1. The van der Waals surface area contributed by atoms with Crippen LogP contribution in [0.3, 0.4) is 0 Å². The molecule has 3 aromatic rings. The van der Waals surface area contributed by atoms with Gasteiger partial charge in [-0.05, 0) is 37.5 Å². The lowest BCUT2D eigenvalue weighted by Gasteiger charge is -2.48. The third kappa shape index (κ3) is 6.10. The van der Waals surface area contributed by atoms with E-state index in [0.29, 0.717) is 37.3 Å². The van der Waals surface area contributed by atoms with Gasteiger partial charge in [-0.2, -0.15) is 15.2 Å². The standard InChI is InChI=1S/C33H33ClF5N7OS/c1-2-25(36)28-20(23(9-40)29(41)48-28)7-21-24(34)8-22-27(26(21)37)43-31(44-30(22)46-11-18-3-4-19(12-46)42-18)47-16-32(13-33(38,39)14-32)15-45-6-5-17(35)10-45/h2,7-8,17-19,42H,1,3-6,10-16,41H2/b20-7+,28-25-/t17-,18?,19?/m1/s1. The van der Waals surface area contributed by atoms with Crippen LogP contribution >= 0.6 is 22.9 Å². The van der Waals surface area contributed by atoms with E-state index < -0.39 is 42.0 Å². The van der Waals surface area contributed by atoms with Crippen LogP contribution in [0.25, 0.3) is 22.8 Å². The topological polar surface area (TPSA) is 103 Å². The summed E-state index contributed by atoms with van der Waals surface area (Å²) >= 11 is 7.52. The van der Waals surface area contributed by atoms with Crippen molar-refractivity contribution in [3.05, 3.63) is 50.4 Å². The lowest BCUT2D eigenvalue weighted by Crippen LogP contribution is -2.55. The van der Waals surface area contributed by atoms with E-state index in [0.717, 1.165) is 30.3 Å². The molecule has 48 heavy (non-hydrogen) atoms. The fourth-order valence-corrected chi connectivity index (χ4v) is 8.81. The molecule has 5 heterocycles. The maximum atomic E-state index is 16.7. The van der Waals surface area contributed by atoms with E-state index in [1.54, 1.807) is 0 Å². The summed E-state index contributed by atoms with van der Waals surface area (Å²) in [6, 6.07) is 3.69. The minimum Gasteiger partial charge on any atom is -0.463 e. The molecule has 15 heteroatoms. The Morgan fingerprint density at radius 3 is 2.58 bits per heavy atom. The molecule has 7 rings (SSSR count). The van der Waals surface area contributed by atoms with E-state index in [9.17, 15) is 22.8 Å². The lowest BCUT2D eigenvalue weighted by molar-refractivity contribution is -0.179. The zero-order valence-electron chi connectivity index (χ0n) is 25.8. The van der Waals surface area contributed by atoms with Gasteiger partial charge >= 0.3 is 6.01 Å². The third-order valence-electron chi connectivity index (χ3n) is 9.71. The molecule has 1 aliphatic carbocycles. The molecular formula is C33H33ClF5N7OS. The molecule has 8 nitrogen and oxygen atoms in total. The van der Waals surface area contributed by atoms with Gasteiger partial charge in [0.2, 0.25) is 5.92 Å². The number of ether oxygens (including phenoxy) is 1. The van der Waals surface area contributed by atoms with Crippen molar-refractivity contribution < 1.29 is 26.7 Å². The van der Waals surface area contributed by atoms with Crippen molar-refractivity contribution in [3.8, 4) is 12.1 Å². The van der Waals surface area contributed by atoms with Gasteiger partial charge in [0.05, 0.1) is 21.7 Å². The Morgan fingerprint density at radius 1 is 1.23 bits per heavy atom. The molecule has 3 atom stereocenters. The number of anilines is 2. The number of halogens is 6. The number of piperazine rings is 1. The van der Waals surface area contributed by atoms with Gasteiger partial charge in [-0.1, -0.05) is 18.2 Å². The number of benzene rings is 1. The van der Waals surface area contributed by atoms with E-state index >= 15 is 4.39 Å². The molecule has 0 radical (unpaired) electrons. The van der Waals surface area contributed by atoms with Crippen LogP contribution < -0.4 is 30.4 Å². The summed E-state index contributed by atoms with van der Waals surface area (Å²) in [6.07, 6.45) is 2.67. The number of nitrogen functional groups attached to an aromatic ring is 1. The molecule has 3 aliphatic heterocycles. The first-order valence-electron chi connectivity index (χ1n) is 15.8.